The van der Waals surface area contributed by atoms with Crippen molar-refractivity contribution in [2.75, 3.05) is 32.8 Å². The number of morpholine rings is 1. The van der Waals surface area contributed by atoms with Crippen LogP contribution in [0.4, 0.5) is 0 Å². The molecule has 132 valence electrons. The third-order valence-electron chi connectivity index (χ3n) is 5.12. The Bertz CT molecular complexity index is 511. The van der Waals surface area contributed by atoms with Crippen LogP contribution in [0.2, 0.25) is 0 Å². The number of aliphatic hydroxyl groups excluding tert-OH is 1. The highest BCUT2D eigenvalue weighted by atomic mass is 16.5. The van der Waals surface area contributed by atoms with Gasteiger partial charge >= 0.3 is 0 Å². The molecule has 1 heterocycles. The highest BCUT2D eigenvalue weighted by Crippen LogP contribution is 2.31. The molecule has 2 N–H and O–H groups in total. The predicted molar refractivity (Wildman–Crippen MR) is 92.7 cm³/mol. The smallest absolute Gasteiger partial charge is 0.221 e. The quantitative estimate of drug-likeness (QED) is 0.788. The molecule has 1 aliphatic carbocycles. The first-order chi connectivity index (χ1) is 11.7. The molecule has 3 rings (SSSR count). The molecule has 1 amide bonds. The summed E-state index contributed by atoms with van der Waals surface area (Å²) in [5.74, 6) is 0.497. The molecule has 24 heavy (non-hydrogen) atoms. The highest BCUT2D eigenvalue weighted by molar-refractivity contribution is 5.76. The van der Waals surface area contributed by atoms with Crippen molar-refractivity contribution < 1.29 is 14.6 Å². The Balaban J connectivity index is 1.49. The van der Waals surface area contributed by atoms with Crippen LogP contribution in [-0.4, -0.2) is 60.9 Å². The van der Waals surface area contributed by atoms with Crippen LogP contribution in [0.1, 0.15) is 24.8 Å². The standard InChI is InChI=1S/C19H28N2O3/c22-17-13-16(14-17)18(12-15-4-2-1-3-5-15)20-19(23)6-7-21-8-10-24-11-9-21/h1-5,16-18,22H,6-14H2,(H,20,23). The lowest BCUT2D eigenvalue weighted by Crippen LogP contribution is -2.49. The van der Waals surface area contributed by atoms with E-state index in [9.17, 15) is 9.90 Å². The van der Waals surface area contributed by atoms with Gasteiger partial charge in [0.1, 0.15) is 0 Å². The van der Waals surface area contributed by atoms with Crippen molar-refractivity contribution in [3.8, 4) is 0 Å². The van der Waals surface area contributed by atoms with E-state index in [4.69, 9.17) is 4.74 Å². The first-order valence-electron chi connectivity index (χ1n) is 9.02. The van der Waals surface area contributed by atoms with Gasteiger partial charge < -0.3 is 15.2 Å². The van der Waals surface area contributed by atoms with Crippen molar-refractivity contribution >= 4 is 5.91 Å². The molecule has 0 bridgehead atoms. The Morgan fingerprint density at radius 2 is 1.96 bits per heavy atom. The second kappa shape index (κ2) is 8.60. The zero-order chi connectivity index (χ0) is 16.8. The average molecular weight is 332 g/mol. The number of carbonyl (C=O) groups excluding carboxylic acids is 1. The second-order valence-electron chi connectivity index (χ2n) is 6.95. The third kappa shape index (κ3) is 5.03. The van der Waals surface area contributed by atoms with Gasteiger partial charge in [0.2, 0.25) is 5.91 Å². The van der Waals surface area contributed by atoms with Crippen molar-refractivity contribution in [3.05, 3.63) is 35.9 Å². The zero-order valence-corrected chi connectivity index (χ0v) is 14.2. The van der Waals surface area contributed by atoms with E-state index in [0.717, 1.165) is 52.1 Å². The number of hydrogen-bond donors (Lipinski definition) is 2. The molecular weight excluding hydrogens is 304 g/mol. The van der Waals surface area contributed by atoms with E-state index in [0.29, 0.717) is 12.3 Å². The molecule has 1 unspecified atom stereocenters. The molecule has 1 atom stereocenters. The van der Waals surface area contributed by atoms with Crippen molar-refractivity contribution in [1.82, 2.24) is 10.2 Å². The summed E-state index contributed by atoms with van der Waals surface area (Å²) in [6.07, 6.45) is 2.75. The fraction of sp³-hybridized carbons (Fsp3) is 0.632. The van der Waals surface area contributed by atoms with Gasteiger partial charge in [0.25, 0.3) is 0 Å². The Morgan fingerprint density at radius 1 is 1.25 bits per heavy atom. The summed E-state index contributed by atoms with van der Waals surface area (Å²) in [5, 5.41) is 12.8. The minimum absolute atomic E-state index is 0.115. The number of nitrogens with zero attached hydrogens (tertiary/aromatic N) is 1. The van der Waals surface area contributed by atoms with Gasteiger partial charge in [-0.25, -0.2) is 0 Å². The summed E-state index contributed by atoms with van der Waals surface area (Å²) in [6.45, 7) is 4.14. The Hall–Kier alpha value is -1.43. The van der Waals surface area contributed by atoms with Gasteiger partial charge in [0, 0.05) is 32.1 Å². The molecule has 2 fully saturated rings. The first kappa shape index (κ1) is 17.4. The van der Waals surface area contributed by atoms with Gasteiger partial charge in [0.05, 0.1) is 19.3 Å². The summed E-state index contributed by atoms with van der Waals surface area (Å²) in [6, 6.07) is 10.4. The molecule has 1 saturated carbocycles. The largest absolute Gasteiger partial charge is 0.393 e. The number of aliphatic hydroxyl groups is 1. The van der Waals surface area contributed by atoms with Crippen LogP contribution in [0.15, 0.2) is 30.3 Å². The van der Waals surface area contributed by atoms with Crippen molar-refractivity contribution in [3.63, 3.8) is 0 Å². The van der Waals surface area contributed by atoms with Crippen molar-refractivity contribution in [2.45, 2.75) is 37.8 Å². The van der Waals surface area contributed by atoms with Crippen molar-refractivity contribution in [1.29, 1.82) is 0 Å². The minimum atomic E-state index is -0.196. The monoisotopic (exact) mass is 332 g/mol. The molecule has 0 radical (unpaired) electrons. The van der Waals surface area contributed by atoms with Crippen LogP contribution >= 0.6 is 0 Å². The normalized spacial score (nSPS) is 25.7. The molecule has 0 aromatic heterocycles. The van der Waals surface area contributed by atoms with Crippen LogP contribution < -0.4 is 5.32 Å². The molecule has 0 spiro atoms. The van der Waals surface area contributed by atoms with E-state index in [-0.39, 0.29) is 18.1 Å². The lowest BCUT2D eigenvalue weighted by atomic mass is 9.75. The summed E-state index contributed by atoms with van der Waals surface area (Å²) < 4.78 is 5.34. The van der Waals surface area contributed by atoms with E-state index in [1.807, 2.05) is 18.2 Å². The fourth-order valence-corrected chi connectivity index (χ4v) is 3.53. The zero-order valence-electron chi connectivity index (χ0n) is 14.2. The molecule has 1 aliphatic heterocycles. The minimum Gasteiger partial charge on any atom is -0.393 e. The number of rotatable bonds is 7. The maximum absolute atomic E-state index is 12.4. The second-order valence-corrected chi connectivity index (χ2v) is 6.95. The van der Waals surface area contributed by atoms with Crippen LogP contribution in [0.5, 0.6) is 0 Å². The van der Waals surface area contributed by atoms with Crippen LogP contribution in [0.3, 0.4) is 0 Å². The lowest BCUT2D eigenvalue weighted by Gasteiger charge is -2.38. The molecule has 1 aromatic rings. The SMILES string of the molecule is O=C(CCN1CCOCC1)NC(Cc1ccccc1)C1CC(O)C1. The Morgan fingerprint density at radius 3 is 2.62 bits per heavy atom. The van der Waals surface area contributed by atoms with Gasteiger partial charge in [-0.15, -0.1) is 0 Å². The molecule has 5 heteroatoms. The highest BCUT2D eigenvalue weighted by Gasteiger charge is 2.34. The van der Waals surface area contributed by atoms with E-state index < -0.39 is 0 Å². The molecule has 1 saturated heterocycles. The number of benzene rings is 1. The molecule has 1 aromatic carbocycles. The van der Waals surface area contributed by atoms with Gasteiger partial charge in [-0.1, -0.05) is 30.3 Å². The summed E-state index contributed by atoms with van der Waals surface area (Å²) in [7, 11) is 0. The van der Waals surface area contributed by atoms with E-state index in [2.05, 4.69) is 22.3 Å². The van der Waals surface area contributed by atoms with Gasteiger partial charge in [-0.2, -0.15) is 0 Å². The van der Waals surface area contributed by atoms with E-state index in [1.165, 1.54) is 5.56 Å². The van der Waals surface area contributed by atoms with Crippen LogP contribution in [-0.2, 0) is 16.0 Å². The van der Waals surface area contributed by atoms with Gasteiger partial charge in [-0.05, 0) is 30.7 Å². The number of ether oxygens (including phenoxy) is 1. The topological polar surface area (TPSA) is 61.8 Å². The first-order valence-corrected chi connectivity index (χ1v) is 9.02. The summed E-state index contributed by atoms with van der Waals surface area (Å²) in [5.41, 5.74) is 1.23. The van der Waals surface area contributed by atoms with Gasteiger partial charge in [-0.3, -0.25) is 9.69 Å². The summed E-state index contributed by atoms with van der Waals surface area (Å²) in [4.78, 5) is 14.7. The molecular formula is C19H28N2O3. The predicted octanol–water partition coefficient (Wildman–Crippen LogP) is 1.21. The van der Waals surface area contributed by atoms with Crippen LogP contribution in [0.25, 0.3) is 0 Å². The summed E-state index contributed by atoms with van der Waals surface area (Å²) >= 11 is 0. The molecule has 2 aliphatic rings. The Kier molecular flexibility index (Phi) is 6.24. The van der Waals surface area contributed by atoms with E-state index >= 15 is 0 Å². The average Bonchev–Trinajstić information content (AvgIpc) is 2.58. The maximum Gasteiger partial charge on any atom is 0.221 e. The van der Waals surface area contributed by atoms with Crippen LogP contribution in [0, 0.1) is 5.92 Å². The molecule has 5 nitrogen and oxygen atoms in total. The van der Waals surface area contributed by atoms with Crippen molar-refractivity contribution in [2.24, 2.45) is 5.92 Å². The Labute approximate surface area is 144 Å². The van der Waals surface area contributed by atoms with Gasteiger partial charge in [0.15, 0.2) is 0 Å². The lowest BCUT2D eigenvalue weighted by molar-refractivity contribution is -0.123. The maximum atomic E-state index is 12.4. The fourth-order valence-electron chi connectivity index (χ4n) is 3.53. The number of amides is 1. The van der Waals surface area contributed by atoms with E-state index in [1.54, 1.807) is 0 Å². The number of hydrogen-bond acceptors (Lipinski definition) is 4. The number of carbonyl (C=O) groups is 1. The third-order valence-corrected chi connectivity index (χ3v) is 5.12. The number of nitrogens with one attached hydrogen (secondary N) is 1.